The van der Waals surface area contributed by atoms with E-state index in [1.54, 1.807) is 24.3 Å². The summed E-state index contributed by atoms with van der Waals surface area (Å²) in [4.78, 5) is 0. The second kappa shape index (κ2) is 4.44. The van der Waals surface area contributed by atoms with Crippen molar-refractivity contribution < 1.29 is 18.8 Å². The number of hydrogen-bond donors (Lipinski definition) is 2. The molecule has 0 saturated carbocycles. The van der Waals surface area contributed by atoms with Crippen LogP contribution in [-0.2, 0) is 0 Å². The summed E-state index contributed by atoms with van der Waals surface area (Å²) in [7, 11) is -1.59. The van der Waals surface area contributed by atoms with E-state index in [1.165, 1.54) is 24.3 Å². The molecule has 0 spiro atoms. The van der Waals surface area contributed by atoms with Crippen molar-refractivity contribution in [3.8, 4) is 0 Å². The van der Waals surface area contributed by atoms with Gasteiger partial charge in [0, 0.05) is 21.5 Å². The molecule has 0 unspecified atom stereocenters. The lowest BCUT2D eigenvalue weighted by Crippen LogP contribution is -2.29. The van der Waals surface area contributed by atoms with E-state index in [0.717, 1.165) is 21.9 Å². The Hall–Kier alpha value is -2.70. The lowest BCUT2D eigenvalue weighted by Gasteiger charge is -2.01. The minimum absolute atomic E-state index is 0.340. The minimum atomic E-state index is -1.59. The van der Waals surface area contributed by atoms with E-state index in [1.807, 2.05) is 4.40 Å². The highest BCUT2D eigenvalue weighted by atomic mass is 19.1. The molecule has 2 heterocycles. The van der Waals surface area contributed by atoms with E-state index in [-0.39, 0.29) is 5.82 Å². The van der Waals surface area contributed by atoms with Crippen LogP contribution in [0.4, 0.5) is 8.78 Å². The fourth-order valence-electron chi connectivity index (χ4n) is 3.67. The number of halogens is 2. The van der Waals surface area contributed by atoms with Crippen molar-refractivity contribution in [3.63, 3.8) is 0 Å². The van der Waals surface area contributed by atoms with Crippen molar-refractivity contribution in [3.05, 3.63) is 60.2 Å². The Bertz CT molecular complexity index is 1260. The highest BCUT2D eigenvalue weighted by Crippen LogP contribution is 2.39. The normalized spacial score (nSPS) is 12.2. The van der Waals surface area contributed by atoms with Gasteiger partial charge in [-0.3, -0.25) is 0 Å². The van der Waals surface area contributed by atoms with Gasteiger partial charge in [0.15, 0.2) is 0 Å². The Labute approximate surface area is 134 Å². The van der Waals surface area contributed by atoms with Gasteiger partial charge in [0.05, 0.1) is 16.6 Å². The maximum Gasteiger partial charge on any atom is 0.488 e. The molecule has 0 radical (unpaired) electrons. The molecule has 3 nitrogen and oxygen atoms in total. The number of nitrogens with zero attached hydrogens (tertiary/aromatic N) is 1. The van der Waals surface area contributed by atoms with Gasteiger partial charge in [0.2, 0.25) is 0 Å². The van der Waals surface area contributed by atoms with Crippen LogP contribution in [0.15, 0.2) is 48.5 Å². The van der Waals surface area contributed by atoms with Crippen LogP contribution in [0.1, 0.15) is 0 Å². The van der Waals surface area contributed by atoms with E-state index >= 15 is 0 Å². The zero-order valence-corrected chi connectivity index (χ0v) is 12.3. The van der Waals surface area contributed by atoms with E-state index in [0.29, 0.717) is 21.6 Å². The fraction of sp³-hybridized carbons (Fsp3) is 0. The molecule has 0 aliphatic heterocycles. The predicted molar refractivity (Wildman–Crippen MR) is 90.8 cm³/mol. The van der Waals surface area contributed by atoms with Gasteiger partial charge < -0.3 is 14.4 Å². The maximum atomic E-state index is 14.2. The summed E-state index contributed by atoms with van der Waals surface area (Å²) < 4.78 is 29.8. The van der Waals surface area contributed by atoms with Gasteiger partial charge in [-0.1, -0.05) is 12.1 Å². The number of hydrogen-bond acceptors (Lipinski definition) is 2. The highest BCUT2D eigenvalue weighted by Gasteiger charge is 2.20. The van der Waals surface area contributed by atoms with E-state index in [2.05, 4.69) is 0 Å². The second-order valence-electron chi connectivity index (χ2n) is 6.00. The van der Waals surface area contributed by atoms with Gasteiger partial charge in [-0.25, -0.2) is 8.78 Å². The largest absolute Gasteiger partial charge is 0.488 e. The molecular weight excluding hydrogens is 311 g/mol. The Morgan fingerprint density at radius 3 is 1.96 bits per heavy atom. The Kier molecular flexibility index (Phi) is 2.54. The molecule has 2 N–H and O–H groups in total. The van der Waals surface area contributed by atoms with Crippen molar-refractivity contribution in [2.24, 2.45) is 0 Å². The second-order valence-corrected chi connectivity index (χ2v) is 6.00. The van der Waals surface area contributed by atoms with Crippen molar-refractivity contribution >= 4 is 50.7 Å². The number of rotatable bonds is 1. The molecule has 5 aromatic rings. The van der Waals surface area contributed by atoms with Crippen LogP contribution in [0.3, 0.4) is 0 Å². The molecule has 2 aromatic heterocycles. The zero-order valence-electron chi connectivity index (χ0n) is 12.3. The molecule has 0 aliphatic carbocycles. The third-order valence-electron chi connectivity index (χ3n) is 4.64. The molecule has 0 atom stereocenters. The van der Waals surface area contributed by atoms with Gasteiger partial charge in [0.1, 0.15) is 11.6 Å². The first kappa shape index (κ1) is 13.7. The van der Waals surface area contributed by atoms with Gasteiger partial charge in [0.25, 0.3) is 0 Å². The smallest absolute Gasteiger partial charge is 0.423 e. The molecule has 0 fully saturated rings. The molecule has 0 bridgehead atoms. The Balaban J connectivity index is 2.11. The highest BCUT2D eigenvalue weighted by molar-refractivity contribution is 6.59. The molecule has 5 rings (SSSR count). The minimum Gasteiger partial charge on any atom is -0.423 e. The third kappa shape index (κ3) is 1.61. The molecule has 6 heteroatoms. The van der Waals surface area contributed by atoms with Crippen LogP contribution < -0.4 is 5.46 Å². The van der Waals surface area contributed by atoms with Gasteiger partial charge in [-0.05, 0) is 41.9 Å². The van der Waals surface area contributed by atoms with Crippen LogP contribution in [-0.4, -0.2) is 21.6 Å². The first-order valence-electron chi connectivity index (χ1n) is 7.48. The van der Waals surface area contributed by atoms with Gasteiger partial charge >= 0.3 is 7.12 Å². The molecule has 0 aliphatic rings. The summed E-state index contributed by atoms with van der Waals surface area (Å²) in [5, 5.41) is 21.5. The summed E-state index contributed by atoms with van der Waals surface area (Å²) in [6.07, 6.45) is 0. The Morgan fingerprint density at radius 2 is 1.29 bits per heavy atom. The summed E-state index contributed by atoms with van der Waals surface area (Å²) in [5.74, 6) is -0.782. The lowest BCUT2D eigenvalue weighted by atomic mass is 9.80. The van der Waals surface area contributed by atoms with E-state index in [9.17, 15) is 18.8 Å². The van der Waals surface area contributed by atoms with E-state index in [4.69, 9.17) is 0 Å². The van der Waals surface area contributed by atoms with Gasteiger partial charge in [-0.2, -0.15) is 0 Å². The molecule has 24 heavy (non-hydrogen) atoms. The Morgan fingerprint density at radius 1 is 0.708 bits per heavy atom. The number of aromatic nitrogens is 1. The first-order chi connectivity index (χ1) is 11.5. The number of benzene rings is 3. The quantitative estimate of drug-likeness (QED) is 0.466. The van der Waals surface area contributed by atoms with E-state index < -0.39 is 12.9 Å². The topological polar surface area (TPSA) is 44.9 Å². The van der Waals surface area contributed by atoms with Crippen LogP contribution >= 0.6 is 0 Å². The monoisotopic (exact) mass is 321 g/mol. The molecule has 0 amide bonds. The summed E-state index contributed by atoms with van der Waals surface area (Å²) >= 11 is 0. The van der Waals surface area contributed by atoms with Gasteiger partial charge in [-0.15, -0.1) is 0 Å². The summed E-state index contributed by atoms with van der Waals surface area (Å²) in [5.41, 5.74) is 2.74. The first-order valence-corrected chi connectivity index (χ1v) is 7.48. The number of fused-ring (bicyclic) bond motifs is 6. The summed E-state index contributed by atoms with van der Waals surface area (Å²) in [6, 6.07) is 12.3. The molecule has 116 valence electrons. The molecule has 0 saturated heterocycles. The SMILES string of the molecule is OB(O)c1ccc2c(c1)c1cc(F)cc3c4cc(F)ccc4n2c31. The maximum absolute atomic E-state index is 14.2. The molecule has 3 aromatic carbocycles. The average molecular weight is 321 g/mol. The standard InChI is InChI=1S/C18H10BF2NO2/c20-10-2-4-17-13(6-10)15-8-11(21)7-14-12-5-9(19(23)24)1-3-16(12)22(17)18(14)15/h1-8,23-24H. The van der Waals surface area contributed by atoms with Crippen LogP contribution in [0.5, 0.6) is 0 Å². The molecular formula is C18H10BF2NO2. The van der Waals surface area contributed by atoms with Crippen molar-refractivity contribution in [1.82, 2.24) is 4.40 Å². The zero-order chi connectivity index (χ0) is 16.6. The lowest BCUT2D eigenvalue weighted by molar-refractivity contribution is 0.426. The summed E-state index contributed by atoms with van der Waals surface area (Å²) in [6.45, 7) is 0. The van der Waals surface area contributed by atoms with Crippen molar-refractivity contribution in [2.45, 2.75) is 0 Å². The van der Waals surface area contributed by atoms with Crippen LogP contribution in [0.2, 0.25) is 0 Å². The van der Waals surface area contributed by atoms with Crippen molar-refractivity contribution in [1.29, 1.82) is 0 Å². The fourth-order valence-corrected chi connectivity index (χ4v) is 3.67. The predicted octanol–water partition coefficient (Wildman–Crippen LogP) is 2.79. The van der Waals surface area contributed by atoms with Crippen LogP contribution in [0.25, 0.3) is 38.1 Å². The van der Waals surface area contributed by atoms with Crippen LogP contribution in [0, 0.1) is 11.6 Å². The average Bonchev–Trinajstić information content (AvgIpc) is 3.04. The van der Waals surface area contributed by atoms with Crippen molar-refractivity contribution in [2.75, 3.05) is 0 Å². The third-order valence-corrected chi connectivity index (χ3v) is 4.64.